The van der Waals surface area contributed by atoms with Crippen molar-refractivity contribution in [1.29, 1.82) is 0 Å². The van der Waals surface area contributed by atoms with Gasteiger partial charge in [0.05, 0.1) is 13.2 Å². The second kappa shape index (κ2) is 8.06. The van der Waals surface area contributed by atoms with Gasteiger partial charge in [-0.05, 0) is 35.4 Å². The lowest BCUT2D eigenvalue weighted by atomic mass is 10.1. The lowest BCUT2D eigenvalue weighted by Crippen LogP contribution is -2.36. The van der Waals surface area contributed by atoms with Crippen molar-refractivity contribution in [2.75, 3.05) is 31.7 Å². The van der Waals surface area contributed by atoms with Gasteiger partial charge in [0.15, 0.2) is 0 Å². The molecular formula is C18H22FN3O. The van der Waals surface area contributed by atoms with E-state index in [2.05, 4.69) is 15.8 Å². The Morgan fingerprint density at radius 2 is 1.78 bits per heavy atom. The number of hydrogen-bond donors (Lipinski definition) is 2. The maximum Gasteiger partial charge on any atom is 0.123 e. The van der Waals surface area contributed by atoms with Crippen LogP contribution in [-0.4, -0.2) is 31.2 Å². The van der Waals surface area contributed by atoms with E-state index in [-0.39, 0.29) is 5.82 Å². The maximum atomic E-state index is 13.6. The minimum Gasteiger partial charge on any atom is -0.379 e. The molecule has 0 amide bonds. The monoisotopic (exact) mass is 315 g/mol. The van der Waals surface area contributed by atoms with Crippen molar-refractivity contribution < 1.29 is 9.13 Å². The predicted molar refractivity (Wildman–Crippen MR) is 89.4 cm³/mol. The van der Waals surface area contributed by atoms with E-state index < -0.39 is 0 Å². The molecule has 0 unspecified atom stereocenters. The summed E-state index contributed by atoms with van der Waals surface area (Å²) in [4.78, 5) is 2.30. The molecule has 0 bridgehead atoms. The zero-order valence-corrected chi connectivity index (χ0v) is 13.1. The molecule has 0 aromatic heterocycles. The molecule has 1 aliphatic rings. The number of nitrogens with zero attached hydrogens (tertiary/aromatic N) is 1. The average Bonchev–Trinajstić information content (AvgIpc) is 2.59. The van der Waals surface area contributed by atoms with Crippen LogP contribution in [0.2, 0.25) is 0 Å². The molecule has 0 radical (unpaired) electrons. The minimum atomic E-state index is -0.187. The number of para-hydroxylation sites is 1. The van der Waals surface area contributed by atoms with Crippen molar-refractivity contribution >= 4 is 5.69 Å². The highest BCUT2D eigenvalue weighted by molar-refractivity contribution is 5.41. The number of anilines is 1. The van der Waals surface area contributed by atoms with Crippen LogP contribution in [0, 0.1) is 5.82 Å². The first-order valence-electron chi connectivity index (χ1n) is 7.92. The Hall–Kier alpha value is -1.95. The smallest absolute Gasteiger partial charge is 0.123 e. The summed E-state index contributed by atoms with van der Waals surface area (Å²) < 4.78 is 19.0. The lowest BCUT2D eigenvalue weighted by molar-refractivity contribution is 0.0340. The Kier molecular flexibility index (Phi) is 5.58. The molecule has 0 aliphatic carbocycles. The topological polar surface area (TPSA) is 36.5 Å². The summed E-state index contributed by atoms with van der Waals surface area (Å²) in [5.41, 5.74) is 9.49. The summed E-state index contributed by atoms with van der Waals surface area (Å²) in [6.45, 7) is 4.67. The van der Waals surface area contributed by atoms with Gasteiger partial charge in [-0.2, -0.15) is 0 Å². The summed E-state index contributed by atoms with van der Waals surface area (Å²) in [6.07, 6.45) is 0. The molecule has 1 saturated heterocycles. The quantitative estimate of drug-likeness (QED) is 0.804. The fraction of sp³-hybridized carbons (Fsp3) is 0.333. The Morgan fingerprint density at radius 3 is 2.57 bits per heavy atom. The summed E-state index contributed by atoms with van der Waals surface area (Å²) in [6, 6.07) is 14.9. The summed E-state index contributed by atoms with van der Waals surface area (Å²) in [5, 5.41) is 0. The van der Waals surface area contributed by atoms with Crippen LogP contribution in [0.15, 0.2) is 48.5 Å². The Bertz CT molecular complexity index is 615. The van der Waals surface area contributed by atoms with Gasteiger partial charge in [0.2, 0.25) is 0 Å². The van der Waals surface area contributed by atoms with Gasteiger partial charge in [-0.3, -0.25) is 4.90 Å². The first kappa shape index (κ1) is 15.9. The lowest BCUT2D eigenvalue weighted by Gasteiger charge is -2.27. The first-order valence-corrected chi connectivity index (χ1v) is 7.92. The molecule has 0 spiro atoms. The van der Waals surface area contributed by atoms with E-state index >= 15 is 0 Å². The summed E-state index contributed by atoms with van der Waals surface area (Å²) in [7, 11) is 0. The van der Waals surface area contributed by atoms with Crippen molar-refractivity contribution in [3.8, 4) is 0 Å². The van der Waals surface area contributed by atoms with E-state index in [1.807, 2.05) is 36.4 Å². The van der Waals surface area contributed by atoms with Crippen molar-refractivity contribution in [2.45, 2.75) is 13.1 Å². The molecule has 5 heteroatoms. The molecule has 2 N–H and O–H groups in total. The van der Waals surface area contributed by atoms with Crippen molar-refractivity contribution in [2.24, 2.45) is 0 Å². The number of hydrogen-bond acceptors (Lipinski definition) is 4. The van der Waals surface area contributed by atoms with Gasteiger partial charge in [-0.15, -0.1) is 0 Å². The number of nitrogens with one attached hydrogen (secondary N) is 2. The minimum absolute atomic E-state index is 0.187. The highest BCUT2D eigenvalue weighted by Crippen LogP contribution is 2.15. The van der Waals surface area contributed by atoms with E-state index in [1.54, 1.807) is 6.07 Å². The van der Waals surface area contributed by atoms with Gasteiger partial charge < -0.3 is 10.2 Å². The molecule has 4 nitrogen and oxygen atoms in total. The molecule has 1 heterocycles. The standard InChI is InChI=1S/C18H22FN3O/c19-17-7-6-15(13-20-21-18-4-2-1-3-5-18)16(12-17)14-22-8-10-23-11-9-22/h1-7,12,20-21H,8-11,13-14H2. The first-order chi connectivity index (χ1) is 11.3. The Labute approximate surface area is 136 Å². The SMILES string of the molecule is Fc1ccc(CNNc2ccccc2)c(CN2CCOCC2)c1. The van der Waals surface area contributed by atoms with Crippen molar-refractivity contribution in [1.82, 2.24) is 10.3 Å². The van der Waals surface area contributed by atoms with E-state index in [0.29, 0.717) is 6.54 Å². The van der Waals surface area contributed by atoms with Gasteiger partial charge >= 0.3 is 0 Å². The highest BCUT2D eigenvalue weighted by atomic mass is 19.1. The Balaban J connectivity index is 1.61. The van der Waals surface area contributed by atoms with Gasteiger partial charge in [0.1, 0.15) is 5.82 Å². The van der Waals surface area contributed by atoms with Crippen LogP contribution in [0.4, 0.5) is 10.1 Å². The van der Waals surface area contributed by atoms with E-state index in [4.69, 9.17) is 4.74 Å². The number of halogens is 1. The Morgan fingerprint density at radius 1 is 1.00 bits per heavy atom. The van der Waals surface area contributed by atoms with E-state index in [9.17, 15) is 4.39 Å². The third kappa shape index (κ3) is 4.76. The molecule has 1 aliphatic heterocycles. The average molecular weight is 315 g/mol. The normalized spacial score (nSPS) is 15.5. The molecule has 2 aromatic carbocycles. The van der Waals surface area contributed by atoms with Gasteiger partial charge in [0, 0.05) is 31.9 Å². The second-order valence-electron chi connectivity index (χ2n) is 5.65. The van der Waals surface area contributed by atoms with Crippen LogP contribution >= 0.6 is 0 Å². The number of morpholine rings is 1. The fourth-order valence-electron chi connectivity index (χ4n) is 2.68. The summed E-state index contributed by atoms with van der Waals surface area (Å²) in [5.74, 6) is -0.187. The van der Waals surface area contributed by atoms with E-state index in [0.717, 1.165) is 49.7 Å². The van der Waals surface area contributed by atoms with Crippen molar-refractivity contribution in [3.63, 3.8) is 0 Å². The largest absolute Gasteiger partial charge is 0.379 e. The van der Waals surface area contributed by atoms with E-state index in [1.165, 1.54) is 6.07 Å². The van der Waals surface area contributed by atoms with Crippen LogP contribution in [0.3, 0.4) is 0 Å². The molecule has 3 rings (SSSR count). The van der Waals surface area contributed by atoms with Crippen LogP contribution in [0.5, 0.6) is 0 Å². The number of hydrazine groups is 1. The zero-order chi connectivity index (χ0) is 15.9. The van der Waals surface area contributed by atoms with Crippen LogP contribution in [-0.2, 0) is 17.8 Å². The third-order valence-electron chi connectivity index (χ3n) is 3.95. The number of ether oxygens (including phenoxy) is 1. The van der Waals surface area contributed by atoms with Crippen LogP contribution < -0.4 is 10.9 Å². The molecule has 2 aromatic rings. The molecule has 0 saturated carbocycles. The van der Waals surface area contributed by atoms with Gasteiger partial charge in [-0.25, -0.2) is 9.82 Å². The van der Waals surface area contributed by atoms with Gasteiger partial charge in [0.25, 0.3) is 0 Å². The fourth-order valence-corrected chi connectivity index (χ4v) is 2.68. The third-order valence-corrected chi connectivity index (χ3v) is 3.95. The molecular weight excluding hydrogens is 293 g/mol. The maximum absolute atomic E-state index is 13.6. The molecule has 23 heavy (non-hydrogen) atoms. The zero-order valence-electron chi connectivity index (χ0n) is 13.1. The highest BCUT2D eigenvalue weighted by Gasteiger charge is 2.13. The number of benzene rings is 2. The van der Waals surface area contributed by atoms with Crippen LogP contribution in [0.25, 0.3) is 0 Å². The van der Waals surface area contributed by atoms with Crippen LogP contribution in [0.1, 0.15) is 11.1 Å². The number of rotatable bonds is 6. The van der Waals surface area contributed by atoms with Gasteiger partial charge in [-0.1, -0.05) is 24.3 Å². The molecule has 0 atom stereocenters. The molecule has 1 fully saturated rings. The molecule has 122 valence electrons. The summed E-state index contributed by atoms with van der Waals surface area (Å²) >= 11 is 0. The van der Waals surface area contributed by atoms with Crippen molar-refractivity contribution in [3.05, 3.63) is 65.5 Å². The predicted octanol–water partition coefficient (Wildman–Crippen LogP) is 2.77. The second-order valence-corrected chi connectivity index (χ2v) is 5.65.